The monoisotopic (exact) mass is 384 g/mol. The van der Waals surface area contributed by atoms with E-state index in [-0.39, 0.29) is 29.1 Å². The van der Waals surface area contributed by atoms with Crippen LogP contribution in [0.1, 0.15) is 28.9 Å². The lowest BCUT2D eigenvalue weighted by Gasteiger charge is -2.16. The van der Waals surface area contributed by atoms with Crippen molar-refractivity contribution in [3.05, 3.63) is 68.7 Å². The highest BCUT2D eigenvalue weighted by Crippen LogP contribution is 2.22. The van der Waals surface area contributed by atoms with Crippen LogP contribution in [0.2, 0.25) is 15.1 Å². The number of hydrogen-bond donors (Lipinski definition) is 2. The minimum atomic E-state index is -0.447. The topological polar surface area (TPSA) is 58.2 Å². The molecule has 2 N–H and O–H groups in total. The number of benzene rings is 2. The van der Waals surface area contributed by atoms with Crippen LogP contribution in [0.5, 0.6) is 0 Å². The van der Waals surface area contributed by atoms with E-state index in [9.17, 15) is 9.59 Å². The molecule has 2 amide bonds. The first kappa shape index (κ1) is 18.6. The lowest BCUT2D eigenvalue weighted by atomic mass is 10.1. The Morgan fingerprint density at radius 2 is 1.75 bits per heavy atom. The van der Waals surface area contributed by atoms with E-state index in [0.29, 0.717) is 10.0 Å². The van der Waals surface area contributed by atoms with Crippen molar-refractivity contribution in [3.8, 4) is 0 Å². The first-order valence-corrected chi connectivity index (χ1v) is 8.29. The van der Waals surface area contributed by atoms with Crippen LogP contribution >= 0.6 is 34.8 Å². The van der Waals surface area contributed by atoms with Gasteiger partial charge in [0.1, 0.15) is 0 Å². The summed E-state index contributed by atoms with van der Waals surface area (Å²) >= 11 is 17.8. The molecule has 0 aliphatic carbocycles. The van der Waals surface area contributed by atoms with Crippen LogP contribution in [-0.2, 0) is 4.79 Å². The second-order valence-corrected chi connectivity index (χ2v) is 6.37. The Balaban J connectivity index is 1.91. The third kappa shape index (κ3) is 4.87. The molecular weight excluding hydrogens is 371 g/mol. The van der Waals surface area contributed by atoms with Crippen molar-refractivity contribution in [1.82, 2.24) is 10.6 Å². The molecule has 2 aromatic rings. The average molecular weight is 386 g/mol. The molecule has 4 nitrogen and oxygen atoms in total. The average Bonchev–Trinajstić information content (AvgIpc) is 2.53. The SMILES string of the molecule is CC(NC(=O)CNC(=O)c1ccc(Cl)cc1Cl)c1ccccc1Cl. The second kappa shape index (κ2) is 8.38. The molecule has 0 fully saturated rings. The standard InChI is InChI=1S/C17H15Cl3N2O2/c1-10(12-4-2-3-5-14(12)19)22-16(23)9-21-17(24)13-7-6-11(18)8-15(13)20/h2-8,10H,9H2,1H3,(H,21,24)(H,22,23). The highest BCUT2D eigenvalue weighted by Gasteiger charge is 2.15. The Labute approximate surface area is 155 Å². The Morgan fingerprint density at radius 3 is 2.42 bits per heavy atom. The number of halogens is 3. The predicted octanol–water partition coefficient (Wildman–Crippen LogP) is 4.25. The van der Waals surface area contributed by atoms with Gasteiger partial charge in [-0.3, -0.25) is 9.59 Å². The molecular formula is C17H15Cl3N2O2. The van der Waals surface area contributed by atoms with E-state index in [1.807, 2.05) is 25.1 Å². The summed E-state index contributed by atoms with van der Waals surface area (Å²) in [5.41, 5.74) is 1.06. The minimum absolute atomic E-state index is 0.174. The lowest BCUT2D eigenvalue weighted by Crippen LogP contribution is -2.38. The van der Waals surface area contributed by atoms with E-state index in [0.717, 1.165) is 5.56 Å². The van der Waals surface area contributed by atoms with Gasteiger partial charge in [0.25, 0.3) is 5.91 Å². The molecule has 2 aromatic carbocycles. The molecule has 0 aromatic heterocycles. The zero-order chi connectivity index (χ0) is 17.7. The van der Waals surface area contributed by atoms with Crippen LogP contribution in [0.15, 0.2) is 42.5 Å². The fourth-order valence-electron chi connectivity index (χ4n) is 2.13. The first-order chi connectivity index (χ1) is 11.4. The number of carbonyl (C=O) groups excluding carboxylic acids is 2. The van der Waals surface area contributed by atoms with E-state index in [2.05, 4.69) is 10.6 Å². The molecule has 1 atom stereocenters. The van der Waals surface area contributed by atoms with Crippen LogP contribution in [0.25, 0.3) is 0 Å². The summed E-state index contributed by atoms with van der Waals surface area (Å²) in [4.78, 5) is 24.0. The molecule has 1 unspecified atom stereocenters. The maximum absolute atomic E-state index is 12.1. The van der Waals surface area contributed by atoms with Gasteiger partial charge >= 0.3 is 0 Å². The van der Waals surface area contributed by atoms with E-state index < -0.39 is 5.91 Å². The van der Waals surface area contributed by atoms with E-state index >= 15 is 0 Å². The normalized spacial score (nSPS) is 11.7. The second-order valence-electron chi connectivity index (χ2n) is 5.12. The highest BCUT2D eigenvalue weighted by atomic mass is 35.5. The number of nitrogens with one attached hydrogen (secondary N) is 2. The van der Waals surface area contributed by atoms with Crippen molar-refractivity contribution in [2.24, 2.45) is 0 Å². The van der Waals surface area contributed by atoms with Crippen LogP contribution in [-0.4, -0.2) is 18.4 Å². The summed E-state index contributed by atoms with van der Waals surface area (Å²) in [6.45, 7) is 1.64. The quantitative estimate of drug-likeness (QED) is 0.808. The Morgan fingerprint density at radius 1 is 1.04 bits per heavy atom. The lowest BCUT2D eigenvalue weighted by molar-refractivity contribution is -0.120. The van der Waals surface area contributed by atoms with Gasteiger partial charge in [0.15, 0.2) is 0 Å². The smallest absolute Gasteiger partial charge is 0.253 e. The summed E-state index contributed by atoms with van der Waals surface area (Å²) in [6, 6.07) is 11.5. The van der Waals surface area contributed by atoms with Crippen molar-refractivity contribution < 1.29 is 9.59 Å². The molecule has 24 heavy (non-hydrogen) atoms. The van der Waals surface area contributed by atoms with Crippen LogP contribution in [0.4, 0.5) is 0 Å². The summed E-state index contributed by atoms with van der Waals surface area (Å²) in [7, 11) is 0. The third-order valence-electron chi connectivity index (χ3n) is 3.33. The molecule has 0 saturated carbocycles. The number of amides is 2. The summed E-state index contributed by atoms with van der Waals surface area (Å²) in [6.07, 6.45) is 0. The summed E-state index contributed by atoms with van der Waals surface area (Å²) < 4.78 is 0. The van der Waals surface area contributed by atoms with Crippen molar-refractivity contribution in [3.63, 3.8) is 0 Å². The molecule has 0 heterocycles. The first-order valence-electron chi connectivity index (χ1n) is 7.15. The maximum Gasteiger partial charge on any atom is 0.253 e. The predicted molar refractivity (Wildman–Crippen MR) is 96.8 cm³/mol. The van der Waals surface area contributed by atoms with Gasteiger partial charge in [0.05, 0.1) is 23.2 Å². The Hall–Kier alpha value is -1.75. The van der Waals surface area contributed by atoms with Crippen molar-refractivity contribution >= 4 is 46.6 Å². The molecule has 0 spiro atoms. The third-order valence-corrected chi connectivity index (χ3v) is 4.23. The van der Waals surface area contributed by atoms with Crippen LogP contribution < -0.4 is 10.6 Å². The van der Waals surface area contributed by atoms with E-state index in [1.54, 1.807) is 12.1 Å². The van der Waals surface area contributed by atoms with Gasteiger partial charge in [0.2, 0.25) is 5.91 Å². The highest BCUT2D eigenvalue weighted by molar-refractivity contribution is 6.36. The Bertz CT molecular complexity index is 765. The van der Waals surface area contributed by atoms with Gasteiger partial charge in [0, 0.05) is 10.0 Å². The van der Waals surface area contributed by atoms with Gasteiger partial charge in [-0.25, -0.2) is 0 Å². The number of rotatable bonds is 5. The number of hydrogen-bond acceptors (Lipinski definition) is 2. The summed E-state index contributed by atoms with van der Waals surface area (Å²) in [5.74, 6) is -0.780. The zero-order valence-corrected chi connectivity index (χ0v) is 15.0. The van der Waals surface area contributed by atoms with Crippen molar-refractivity contribution in [2.45, 2.75) is 13.0 Å². The van der Waals surface area contributed by atoms with Gasteiger partial charge in [-0.1, -0.05) is 53.0 Å². The fourth-order valence-corrected chi connectivity index (χ4v) is 2.92. The molecule has 2 rings (SSSR count). The van der Waals surface area contributed by atoms with Gasteiger partial charge < -0.3 is 10.6 Å². The molecule has 0 bridgehead atoms. The maximum atomic E-state index is 12.1. The molecule has 0 aliphatic rings. The van der Waals surface area contributed by atoms with Crippen molar-refractivity contribution in [2.75, 3.05) is 6.54 Å². The number of carbonyl (C=O) groups is 2. The van der Waals surface area contributed by atoms with E-state index in [4.69, 9.17) is 34.8 Å². The molecule has 7 heteroatoms. The van der Waals surface area contributed by atoms with Crippen LogP contribution in [0, 0.1) is 0 Å². The van der Waals surface area contributed by atoms with Crippen molar-refractivity contribution in [1.29, 1.82) is 0 Å². The zero-order valence-electron chi connectivity index (χ0n) is 12.8. The Kier molecular flexibility index (Phi) is 6.49. The summed E-state index contributed by atoms with van der Waals surface area (Å²) in [5, 5.41) is 6.53. The van der Waals surface area contributed by atoms with E-state index in [1.165, 1.54) is 12.1 Å². The van der Waals surface area contributed by atoms with Crippen LogP contribution in [0.3, 0.4) is 0 Å². The minimum Gasteiger partial charge on any atom is -0.348 e. The van der Waals surface area contributed by atoms with Gasteiger partial charge in [-0.05, 0) is 36.8 Å². The van der Waals surface area contributed by atoms with Gasteiger partial charge in [-0.15, -0.1) is 0 Å². The molecule has 0 saturated heterocycles. The molecule has 126 valence electrons. The molecule has 0 aliphatic heterocycles. The fraction of sp³-hybridized carbons (Fsp3) is 0.176. The largest absolute Gasteiger partial charge is 0.348 e. The van der Waals surface area contributed by atoms with Gasteiger partial charge in [-0.2, -0.15) is 0 Å². The molecule has 0 radical (unpaired) electrons.